The molecule has 0 saturated heterocycles. The molecule has 10 nitrogen and oxygen atoms in total. The lowest BCUT2D eigenvalue weighted by molar-refractivity contribution is -0.387. The van der Waals surface area contributed by atoms with E-state index in [1.165, 1.54) is 12.3 Å². The van der Waals surface area contributed by atoms with Crippen LogP contribution in [-0.4, -0.2) is 38.8 Å². The number of carbonyl (C=O) groups is 1. The maximum Gasteiger partial charge on any atom is 0.283 e. The van der Waals surface area contributed by atoms with Crippen LogP contribution in [0.4, 0.5) is 5.69 Å². The topological polar surface area (TPSA) is 135 Å². The summed E-state index contributed by atoms with van der Waals surface area (Å²) < 4.78 is 5.30. The highest BCUT2D eigenvalue weighted by atomic mass is 32.2. The average Bonchev–Trinajstić information content (AvgIpc) is 3.12. The third-order valence-electron chi connectivity index (χ3n) is 3.47. The Labute approximate surface area is 169 Å². The van der Waals surface area contributed by atoms with Gasteiger partial charge in [0.15, 0.2) is 6.61 Å². The van der Waals surface area contributed by atoms with E-state index in [1.54, 1.807) is 43.3 Å². The molecule has 148 valence electrons. The van der Waals surface area contributed by atoms with Crippen LogP contribution in [0.15, 0.2) is 63.7 Å². The van der Waals surface area contributed by atoms with Crippen molar-refractivity contribution in [1.29, 1.82) is 0 Å². The van der Waals surface area contributed by atoms with Crippen LogP contribution in [0, 0.1) is 17.0 Å². The molecule has 0 aliphatic heterocycles. The monoisotopic (exact) mass is 412 g/mol. The summed E-state index contributed by atoms with van der Waals surface area (Å²) in [6, 6.07) is 13.5. The number of ether oxygens (including phenoxy) is 1. The number of para-hydroxylation sites is 1. The van der Waals surface area contributed by atoms with Gasteiger partial charge >= 0.3 is 0 Å². The zero-order valence-corrected chi connectivity index (χ0v) is 16.0. The first kappa shape index (κ1) is 20.0. The molecule has 3 rings (SSSR count). The molecule has 0 atom stereocenters. The quantitative estimate of drug-likeness (QED) is 0.330. The molecule has 0 aliphatic rings. The number of benzene rings is 2. The van der Waals surface area contributed by atoms with Crippen molar-refractivity contribution in [3.63, 3.8) is 0 Å². The number of nitrogens with zero attached hydrogens (tertiary/aromatic N) is 4. The maximum absolute atomic E-state index is 11.8. The molecule has 11 heteroatoms. The third-order valence-corrected chi connectivity index (χ3v) is 4.40. The number of aryl methyl sites for hydroxylation is 1. The summed E-state index contributed by atoms with van der Waals surface area (Å²) in [6.45, 7) is 1.54. The van der Waals surface area contributed by atoms with Gasteiger partial charge in [-0.15, -0.1) is 5.10 Å². The predicted octanol–water partition coefficient (Wildman–Crippen LogP) is 2.70. The summed E-state index contributed by atoms with van der Waals surface area (Å²) >= 11 is 1.08. The van der Waals surface area contributed by atoms with Gasteiger partial charge in [0.2, 0.25) is 5.16 Å². The molecule has 1 aromatic heterocycles. The van der Waals surface area contributed by atoms with Gasteiger partial charge in [0.1, 0.15) is 11.6 Å². The molecule has 0 saturated carbocycles. The molecule has 29 heavy (non-hydrogen) atoms. The summed E-state index contributed by atoms with van der Waals surface area (Å²) in [5.41, 5.74) is 2.66. The van der Waals surface area contributed by atoms with E-state index in [9.17, 15) is 14.9 Å². The number of rotatable bonds is 8. The number of nitro benzene ring substituents is 1. The van der Waals surface area contributed by atoms with Crippen LogP contribution in [0.5, 0.6) is 5.75 Å². The molecule has 3 aromatic rings. The summed E-state index contributed by atoms with van der Waals surface area (Å²) in [5.74, 6) is 0.731. The Balaban J connectivity index is 1.60. The Kier molecular flexibility index (Phi) is 6.53. The number of carbonyl (C=O) groups excluding carboxylic acids is 1. The second-order valence-electron chi connectivity index (χ2n) is 5.68. The number of hydrogen-bond acceptors (Lipinski definition) is 8. The van der Waals surface area contributed by atoms with E-state index in [1.807, 2.05) is 6.07 Å². The minimum absolute atomic E-state index is 0.111. The van der Waals surface area contributed by atoms with Crippen molar-refractivity contribution in [2.75, 3.05) is 6.61 Å². The molecular formula is C18H16N6O4S. The van der Waals surface area contributed by atoms with Crippen molar-refractivity contribution in [2.45, 2.75) is 17.0 Å². The number of nitro groups is 1. The summed E-state index contributed by atoms with van der Waals surface area (Å²) in [5, 5.41) is 22.2. The molecule has 2 aromatic carbocycles. The SMILES string of the molecule is Cc1nc(Sc2ccc(/C=N\NC(=O)COc3ccccc3)cc2[N+](=O)[O-])n[nH]1. The largest absolute Gasteiger partial charge is 0.484 e. The van der Waals surface area contributed by atoms with E-state index in [0.717, 1.165) is 11.8 Å². The lowest BCUT2D eigenvalue weighted by Gasteiger charge is -2.04. The highest BCUT2D eigenvalue weighted by Crippen LogP contribution is 2.33. The van der Waals surface area contributed by atoms with Gasteiger partial charge in [-0.2, -0.15) is 5.10 Å². The van der Waals surface area contributed by atoms with Gasteiger partial charge in [-0.05, 0) is 36.9 Å². The second kappa shape index (κ2) is 9.46. The third kappa shape index (κ3) is 5.87. The van der Waals surface area contributed by atoms with Crippen molar-refractivity contribution in [1.82, 2.24) is 20.6 Å². The molecule has 0 spiro atoms. The molecule has 0 aliphatic carbocycles. The fourth-order valence-electron chi connectivity index (χ4n) is 2.19. The van der Waals surface area contributed by atoms with Gasteiger partial charge in [0, 0.05) is 11.6 Å². The van der Waals surface area contributed by atoms with Gasteiger partial charge in [-0.1, -0.05) is 24.3 Å². The molecular weight excluding hydrogens is 396 g/mol. The summed E-state index contributed by atoms with van der Waals surface area (Å²) in [4.78, 5) is 27.2. The Bertz CT molecular complexity index is 1040. The second-order valence-corrected chi connectivity index (χ2v) is 6.69. The number of nitrogens with one attached hydrogen (secondary N) is 2. The Morgan fingerprint density at radius 3 is 2.83 bits per heavy atom. The summed E-state index contributed by atoms with van der Waals surface area (Å²) in [6.07, 6.45) is 1.32. The van der Waals surface area contributed by atoms with E-state index in [2.05, 4.69) is 25.7 Å². The van der Waals surface area contributed by atoms with Gasteiger partial charge in [0.25, 0.3) is 11.6 Å². The first-order chi connectivity index (χ1) is 14.0. The lowest BCUT2D eigenvalue weighted by Crippen LogP contribution is -2.24. The fourth-order valence-corrected chi connectivity index (χ4v) is 3.03. The van der Waals surface area contributed by atoms with Gasteiger partial charge < -0.3 is 4.74 Å². The average molecular weight is 412 g/mol. The minimum Gasteiger partial charge on any atom is -0.484 e. The normalized spacial score (nSPS) is 10.8. The number of hydrazone groups is 1. The fraction of sp³-hybridized carbons (Fsp3) is 0.111. The first-order valence-electron chi connectivity index (χ1n) is 8.36. The summed E-state index contributed by atoms with van der Waals surface area (Å²) in [7, 11) is 0. The molecule has 0 fully saturated rings. The number of aromatic amines is 1. The number of aromatic nitrogens is 3. The number of hydrogen-bond donors (Lipinski definition) is 2. The van der Waals surface area contributed by atoms with Crippen molar-refractivity contribution < 1.29 is 14.5 Å². The first-order valence-corrected chi connectivity index (χ1v) is 9.18. The van der Waals surface area contributed by atoms with Crippen molar-refractivity contribution in [3.05, 3.63) is 70.0 Å². The number of amides is 1. The Morgan fingerprint density at radius 2 is 2.14 bits per heavy atom. The van der Waals surface area contributed by atoms with E-state index >= 15 is 0 Å². The maximum atomic E-state index is 11.8. The van der Waals surface area contributed by atoms with Crippen LogP contribution in [0.25, 0.3) is 0 Å². The molecule has 2 N–H and O–H groups in total. The van der Waals surface area contributed by atoms with E-state index in [0.29, 0.717) is 27.2 Å². The van der Waals surface area contributed by atoms with Crippen molar-refractivity contribution in [2.24, 2.45) is 5.10 Å². The smallest absolute Gasteiger partial charge is 0.283 e. The van der Waals surface area contributed by atoms with Gasteiger partial charge in [-0.3, -0.25) is 20.0 Å². The van der Waals surface area contributed by atoms with Crippen LogP contribution >= 0.6 is 11.8 Å². The number of H-pyrrole nitrogens is 1. The molecule has 1 amide bonds. The Hall–Kier alpha value is -3.73. The van der Waals surface area contributed by atoms with Crippen LogP contribution in [0.2, 0.25) is 0 Å². The standard InChI is InChI=1S/C18H16N6O4S/c1-12-20-18(23-21-12)29-16-8-7-13(9-15(16)24(26)27)10-19-22-17(25)11-28-14-5-3-2-4-6-14/h2-10H,11H2,1H3,(H,22,25)(H,20,21,23)/b19-10-. The zero-order chi connectivity index (χ0) is 20.6. The molecule has 0 bridgehead atoms. The predicted molar refractivity (Wildman–Crippen MR) is 106 cm³/mol. The molecule has 0 unspecified atom stereocenters. The lowest BCUT2D eigenvalue weighted by atomic mass is 10.2. The van der Waals surface area contributed by atoms with Crippen LogP contribution in [0.3, 0.4) is 0 Å². The minimum atomic E-state index is -0.495. The van der Waals surface area contributed by atoms with E-state index < -0.39 is 10.8 Å². The van der Waals surface area contributed by atoms with Crippen LogP contribution in [-0.2, 0) is 4.79 Å². The Morgan fingerprint density at radius 1 is 1.34 bits per heavy atom. The van der Waals surface area contributed by atoms with Crippen LogP contribution in [0.1, 0.15) is 11.4 Å². The molecule has 1 heterocycles. The van der Waals surface area contributed by atoms with E-state index in [-0.39, 0.29) is 12.3 Å². The highest BCUT2D eigenvalue weighted by Gasteiger charge is 2.17. The van der Waals surface area contributed by atoms with E-state index in [4.69, 9.17) is 4.74 Å². The zero-order valence-electron chi connectivity index (χ0n) is 15.2. The van der Waals surface area contributed by atoms with Crippen molar-refractivity contribution >= 4 is 29.6 Å². The van der Waals surface area contributed by atoms with Crippen molar-refractivity contribution in [3.8, 4) is 5.75 Å². The molecule has 0 radical (unpaired) electrons. The van der Waals surface area contributed by atoms with Gasteiger partial charge in [-0.25, -0.2) is 10.4 Å². The van der Waals surface area contributed by atoms with Gasteiger partial charge in [0.05, 0.1) is 16.0 Å². The van der Waals surface area contributed by atoms with Crippen LogP contribution < -0.4 is 10.2 Å². The highest BCUT2D eigenvalue weighted by molar-refractivity contribution is 7.99.